The van der Waals surface area contributed by atoms with Gasteiger partial charge in [-0.25, -0.2) is 0 Å². The van der Waals surface area contributed by atoms with Gasteiger partial charge in [-0.3, -0.25) is 0 Å². The van der Waals surface area contributed by atoms with E-state index >= 15 is 0 Å². The van der Waals surface area contributed by atoms with E-state index in [0.29, 0.717) is 29.1 Å². The molecule has 1 N–H and O–H groups in total. The van der Waals surface area contributed by atoms with Gasteiger partial charge in [-0.1, -0.05) is 53.6 Å². The van der Waals surface area contributed by atoms with Crippen LogP contribution in [0.25, 0.3) is 21.8 Å². The number of hydrogen-bond acceptors (Lipinski definition) is 2. The number of piperidine rings is 1. The van der Waals surface area contributed by atoms with Crippen LogP contribution in [0.3, 0.4) is 0 Å². The maximum atomic E-state index is 11.0. The van der Waals surface area contributed by atoms with E-state index < -0.39 is 6.10 Å². The zero-order valence-corrected chi connectivity index (χ0v) is 20.3. The predicted molar refractivity (Wildman–Crippen MR) is 140 cm³/mol. The van der Waals surface area contributed by atoms with Crippen LogP contribution in [0.4, 0.5) is 0 Å². The highest BCUT2D eigenvalue weighted by Crippen LogP contribution is 2.33. The first-order valence-corrected chi connectivity index (χ1v) is 12.6. The van der Waals surface area contributed by atoms with E-state index in [0.717, 1.165) is 60.6 Å². The number of benzene rings is 2. The van der Waals surface area contributed by atoms with Crippen LogP contribution < -0.4 is 0 Å². The molecule has 5 rings (SSSR count). The van der Waals surface area contributed by atoms with Crippen molar-refractivity contribution in [2.75, 3.05) is 19.6 Å². The highest BCUT2D eigenvalue weighted by atomic mass is 35.5. The summed E-state index contributed by atoms with van der Waals surface area (Å²) in [5, 5.41) is 14.6. The van der Waals surface area contributed by atoms with Crippen molar-refractivity contribution in [2.45, 2.75) is 38.3 Å². The molecule has 2 heterocycles. The topological polar surface area (TPSA) is 28.4 Å². The first-order chi connectivity index (χ1) is 16.1. The molecule has 1 fully saturated rings. The summed E-state index contributed by atoms with van der Waals surface area (Å²) in [5.41, 5.74) is 3.59. The first kappa shape index (κ1) is 22.7. The molecule has 5 heteroatoms. The van der Waals surface area contributed by atoms with E-state index in [4.69, 9.17) is 23.2 Å². The molecule has 2 aromatic carbocycles. The number of aliphatic hydroxyl groups is 1. The second-order valence-corrected chi connectivity index (χ2v) is 10.2. The van der Waals surface area contributed by atoms with E-state index in [1.54, 1.807) is 0 Å². The van der Waals surface area contributed by atoms with Gasteiger partial charge in [0, 0.05) is 38.4 Å². The van der Waals surface area contributed by atoms with Crippen LogP contribution in [-0.4, -0.2) is 40.3 Å². The number of nitrogens with zero attached hydrogens (tertiary/aromatic N) is 2. The molecular formula is C28H30Cl2N2O. The van der Waals surface area contributed by atoms with Gasteiger partial charge < -0.3 is 14.6 Å². The maximum Gasteiger partial charge on any atom is 0.0845 e. The molecule has 172 valence electrons. The molecule has 0 saturated carbocycles. The number of aliphatic hydroxyl groups excluding tert-OH is 1. The van der Waals surface area contributed by atoms with Gasteiger partial charge in [0.05, 0.1) is 12.6 Å². The van der Waals surface area contributed by atoms with Crippen LogP contribution in [0, 0.1) is 5.92 Å². The molecule has 2 aliphatic rings. The SMILES string of the molecule is OC(CN1CCC(C=CC2=CC=CCC2)CC1)Cn1c2ccc(Cl)cc2c2cc(Cl)ccc21. The second kappa shape index (κ2) is 10.1. The molecule has 0 radical (unpaired) electrons. The summed E-state index contributed by atoms with van der Waals surface area (Å²) in [6, 6.07) is 11.9. The highest BCUT2D eigenvalue weighted by molar-refractivity contribution is 6.33. The number of aromatic nitrogens is 1. The molecule has 1 unspecified atom stereocenters. The third-order valence-electron chi connectivity index (χ3n) is 6.91. The summed E-state index contributed by atoms with van der Waals surface area (Å²) in [4.78, 5) is 2.40. The average Bonchev–Trinajstić information content (AvgIpc) is 3.11. The summed E-state index contributed by atoms with van der Waals surface area (Å²) in [6.07, 6.45) is 15.5. The van der Waals surface area contributed by atoms with E-state index in [1.807, 2.05) is 36.4 Å². The third-order valence-corrected chi connectivity index (χ3v) is 7.38. The summed E-state index contributed by atoms with van der Waals surface area (Å²) >= 11 is 12.5. The fraction of sp³-hybridized carbons (Fsp3) is 0.357. The molecule has 0 amide bonds. The molecule has 3 nitrogen and oxygen atoms in total. The highest BCUT2D eigenvalue weighted by Gasteiger charge is 2.21. The van der Waals surface area contributed by atoms with Crippen molar-refractivity contribution < 1.29 is 5.11 Å². The van der Waals surface area contributed by atoms with Crippen molar-refractivity contribution in [3.63, 3.8) is 0 Å². The van der Waals surface area contributed by atoms with Gasteiger partial charge in [0.25, 0.3) is 0 Å². The van der Waals surface area contributed by atoms with Crippen molar-refractivity contribution in [2.24, 2.45) is 5.92 Å². The standard InChI is InChI=1S/C28H30Cl2N2O/c29-22-8-10-27-25(16-22)26-17-23(30)9-11-28(26)32(27)19-24(33)18-31-14-12-21(13-15-31)7-6-20-4-2-1-3-5-20/h1-2,4,6-11,16-17,21,24,33H,3,5,12-15,18-19H2. The van der Waals surface area contributed by atoms with Crippen molar-refractivity contribution in [1.29, 1.82) is 0 Å². The Morgan fingerprint density at radius 3 is 2.24 bits per heavy atom. The zero-order chi connectivity index (χ0) is 22.8. The summed E-state index contributed by atoms with van der Waals surface area (Å²) in [5.74, 6) is 0.636. The van der Waals surface area contributed by atoms with Gasteiger partial charge in [0.1, 0.15) is 0 Å². The minimum Gasteiger partial charge on any atom is -0.390 e. The van der Waals surface area contributed by atoms with Crippen molar-refractivity contribution in [1.82, 2.24) is 9.47 Å². The third kappa shape index (κ3) is 5.22. The van der Waals surface area contributed by atoms with Crippen molar-refractivity contribution in [3.05, 3.63) is 82.4 Å². The molecular weight excluding hydrogens is 451 g/mol. The number of likely N-dealkylation sites (tertiary alicyclic amines) is 1. The molecule has 1 aromatic heterocycles. The fourth-order valence-electron chi connectivity index (χ4n) is 5.16. The molecule has 3 aromatic rings. The monoisotopic (exact) mass is 480 g/mol. The van der Waals surface area contributed by atoms with E-state index in [-0.39, 0.29) is 0 Å². The van der Waals surface area contributed by atoms with Crippen LogP contribution >= 0.6 is 23.2 Å². The fourth-order valence-corrected chi connectivity index (χ4v) is 5.50. The smallest absolute Gasteiger partial charge is 0.0845 e. The first-order valence-electron chi connectivity index (χ1n) is 11.9. The molecule has 1 saturated heterocycles. The van der Waals surface area contributed by atoms with E-state index in [1.165, 1.54) is 5.57 Å². The Morgan fingerprint density at radius 2 is 1.64 bits per heavy atom. The minimum atomic E-state index is -0.443. The Kier molecular flexibility index (Phi) is 6.94. The molecule has 1 aliphatic carbocycles. The summed E-state index contributed by atoms with van der Waals surface area (Å²) in [6.45, 7) is 3.30. The number of halogens is 2. The average molecular weight is 481 g/mol. The lowest BCUT2D eigenvalue weighted by Crippen LogP contribution is -2.39. The quantitative estimate of drug-likeness (QED) is 0.410. The van der Waals surface area contributed by atoms with Crippen LogP contribution in [0.5, 0.6) is 0 Å². The van der Waals surface area contributed by atoms with Crippen LogP contribution in [-0.2, 0) is 6.54 Å². The van der Waals surface area contributed by atoms with E-state index in [2.05, 4.69) is 39.8 Å². The second-order valence-electron chi connectivity index (χ2n) is 9.29. The number of β-amino-alcohol motifs (C(OH)–C–C–N with tert-alkyl or cyclic N) is 1. The predicted octanol–water partition coefficient (Wildman–Crippen LogP) is 7.01. The van der Waals surface area contributed by atoms with Gasteiger partial charge in [-0.2, -0.15) is 0 Å². The lowest BCUT2D eigenvalue weighted by molar-refractivity contribution is 0.0842. The van der Waals surface area contributed by atoms with Gasteiger partial charge in [-0.05, 0) is 86.7 Å². The molecule has 0 bridgehead atoms. The Morgan fingerprint density at radius 1 is 0.970 bits per heavy atom. The lowest BCUT2D eigenvalue weighted by Gasteiger charge is -2.32. The number of rotatable bonds is 6. The van der Waals surface area contributed by atoms with Gasteiger partial charge in [0.2, 0.25) is 0 Å². The number of hydrogen-bond donors (Lipinski definition) is 1. The van der Waals surface area contributed by atoms with Crippen molar-refractivity contribution >= 4 is 45.0 Å². The van der Waals surface area contributed by atoms with Crippen LogP contribution in [0.15, 0.2) is 72.4 Å². The van der Waals surface area contributed by atoms with Crippen LogP contribution in [0.1, 0.15) is 25.7 Å². The zero-order valence-electron chi connectivity index (χ0n) is 18.8. The Hall–Kier alpha value is -2.04. The normalized spacial score (nSPS) is 19.1. The number of fused-ring (bicyclic) bond motifs is 3. The summed E-state index contributed by atoms with van der Waals surface area (Å²) < 4.78 is 2.20. The Bertz CT molecular complexity index is 1170. The molecule has 0 spiro atoms. The molecule has 1 atom stereocenters. The van der Waals surface area contributed by atoms with Gasteiger partial charge in [-0.15, -0.1) is 0 Å². The van der Waals surface area contributed by atoms with Gasteiger partial charge >= 0.3 is 0 Å². The molecule has 33 heavy (non-hydrogen) atoms. The Balaban J connectivity index is 1.23. The largest absolute Gasteiger partial charge is 0.390 e. The Labute approximate surface area is 205 Å². The van der Waals surface area contributed by atoms with E-state index in [9.17, 15) is 5.11 Å². The summed E-state index contributed by atoms with van der Waals surface area (Å²) in [7, 11) is 0. The lowest BCUT2D eigenvalue weighted by atomic mass is 9.94. The number of allylic oxidation sites excluding steroid dienone is 6. The van der Waals surface area contributed by atoms with Crippen molar-refractivity contribution in [3.8, 4) is 0 Å². The minimum absolute atomic E-state index is 0.443. The molecule has 1 aliphatic heterocycles. The van der Waals surface area contributed by atoms with Gasteiger partial charge in [0.15, 0.2) is 0 Å². The van der Waals surface area contributed by atoms with Crippen LogP contribution in [0.2, 0.25) is 10.0 Å². The maximum absolute atomic E-state index is 11.0.